The summed E-state index contributed by atoms with van der Waals surface area (Å²) in [5.74, 6) is 2.57. The molecule has 0 atom stereocenters. The lowest BCUT2D eigenvalue weighted by Gasteiger charge is -2.09. The molecule has 0 aliphatic rings. The van der Waals surface area contributed by atoms with E-state index in [-0.39, 0.29) is 0 Å². The second kappa shape index (κ2) is 10.5. The zero-order valence-electron chi connectivity index (χ0n) is 16.0. The molecule has 4 nitrogen and oxygen atoms in total. The fourth-order valence-electron chi connectivity index (χ4n) is 2.67. The maximum absolute atomic E-state index is 5.75. The van der Waals surface area contributed by atoms with E-state index in [0.717, 1.165) is 52.0 Å². The smallest absolute Gasteiger partial charge is 0.192 e. The van der Waals surface area contributed by atoms with Crippen LogP contribution in [0.2, 0.25) is 0 Å². The highest BCUT2D eigenvalue weighted by atomic mass is 79.9. The molecule has 28 heavy (non-hydrogen) atoms. The van der Waals surface area contributed by atoms with E-state index in [1.807, 2.05) is 30.3 Å². The zero-order chi connectivity index (χ0) is 19.8. The Kier molecular flexibility index (Phi) is 7.74. The molecule has 0 unspecified atom stereocenters. The van der Waals surface area contributed by atoms with Gasteiger partial charge in [0.25, 0.3) is 0 Å². The summed E-state index contributed by atoms with van der Waals surface area (Å²) in [4.78, 5) is 0. The van der Waals surface area contributed by atoms with Crippen LogP contribution in [0.15, 0.2) is 70.8 Å². The van der Waals surface area contributed by atoms with Gasteiger partial charge in [-0.15, -0.1) is 16.8 Å². The molecule has 2 aromatic carbocycles. The predicted octanol–water partition coefficient (Wildman–Crippen LogP) is 6.36. The number of allylic oxidation sites excluding steroid dienone is 1. The van der Waals surface area contributed by atoms with Gasteiger partial charge < -0.3 is 4.74 Å². The molecule has 6 heteroatoms. The summed E-state index contributed by atoms with van der Waals surface area (Å²) in [5, 5.41) is 9.74. The molecule has 0 saturated heterocycles. The minimum atomic E-state index is 0.666. The first-order chi connectivity index (χ1) is 13.7. The van der Waals surface area contributed by atoms with Crippen LogP contribution in [0.5, 0.6) is 5.75 Å². The summed E-state index contributed by atoms with van der Waals surface area (Å²) in [6.07, 6.45) is 4.07. The average molecular weight is 458 g/mol. The van der Waals surface area contributed by atoms with E-state index in [1.165, 1.54) is 5.56 Å². The Morgan fingerprint density at radius 2 is 1.86 bits per heavy atom. The average Bonchev–Trinajstić information content (AvgIpc) is 3.11. The number of ether oxygens (including phenoxy) is 1. The van der Waals surface area contributed by atoms with Crippen molar-refractivity contribution in [2.45, 2.75) is 37.2 Å². The van der Waals surface area contributed by atoms with E-state index in [9.17, 15) is 0 Å². The van der Waals surface area contributed by atoms with Crippen LogP contribution in [-0.4, -0.2) is 21.4 Å². The molecule has 0 aliphatic carbocycles. The fourth-order valence-corrected chi connectivity index (χ4v) is 3.83. The number of halogens is 1. The highest BCUT2D eigenvalue weighted by Crippen LogP contribution is 2.28. The van der Waals surface area contributed by atoms with Crippen LogP contribution < -0.4 is 4.74 Å². The lowest BCUT2D eigenvalue weighted by molar-refractivity contribution is 0.309. The number of aromatic nitrogens is 3. The molecule has 0 spiro atoms. The van der Waals surface area contributed by atoms with E-state index >= 15 is 0 Å². The van der Waals surface area contributed by atoms with Crippen molar-refractivity contribution in [3.63, 3.8) is 0 Å². The maximum Gasteiger partial charge on any atom is 0.192 e. The first-order valence-corrected chi connectivity index (χ1v) is 11.1. The summed E-state index contributed by atoms with van der Waals surface area (Å²) >= 11 is 5.15. The highest BCUT2D eigenvalue weighted by Gasteiger charge is 2.14. The monoisotopic (exact) mass is 457 g/mol. The number of benzene rings is 2. The van der Waals surface area contributed by atoms with Crippen LogP contribution in [-0.2, 0) is 12.3 Å². The van der Waals surface area contributed by atoms with Crippen molar-refractivity contribution in [1.82, 2.24) is 14.8 Å². The van der Waals surface area contributed by atoms with Crippen molar-refractivity contribution in [2.24, 2.45) is 0 Å². The molecular weight excluding hydrogens is 434 g/mol. The normalized spacial score (nSPS) is 10.8. The van der Waals surface area contributed by atoms with E-state index in [2.05, 4.69) is 68.5 Å². The van der Waals surface area contributed by atoms with Crippen LogP contribution in [0.4, 0.5) is 0 Å². The third-order valence-electron chi connectivity index (χ3n) is 4.19. The van der Waals surface area contributed by atoms with Gasteiger partial charge in [0.05, 0.1) is 6.61 Å². The van der Waals surface area contributed by atoms with Gasteiger partial charge in [-0.3, -0.25) is 4.57 Å². The van der Waals surface area contributed by atoms with Crippen LogP contribution in [0, 0.1) is 0 Å². The van der Waals surface area contributed by atoms with Gasteiger partial charge in [0.1, 0.15) is 5.75 Å². The minimum absolute atomic E-state index is 0.666. The lowest BCUT2D eigenvalue weighted by Crippen LogP contribution is -2.01. The first-order valence-electron chi connectivity index (χ1n) is 9.36. The van der Waals surface area contributed by atoms with Crippen LogP contribution >= 0.6 is 27.7 Å². The van der Waals surface area contributed by atoms with E-state index in [1.54, 1.807) is 11.8 Å². The Hall–Kier alpha value is -2.05. The molecule has 0 bridgehead atoms. The van der Waals surface area contributed by atoms with Gasteiger partial charge in [0.15, 0.2) is 11.0 Å². The number of thioether (sulfide) groups is 1. The lowest BCUT2D eigenvalue weighted by atomic mass is 10.2. The van der Waals surface area contributed by atoms with Gasteiger partial charge in [-0.05, 0) is 48.4 Å². The second-order valence-electron chi connectivity index (χ2n) is 6.35. The Labute approximate surface area is 179 Å². The molecule has 1 heterocycles. The van der Waals surface area contributed by atoms with Crippen molar-refractivity contribution in [1.29, 1.82) is 0 Å². The van der Waals surface area contributed by atoms with Crippen LogP contribution in [0.3, 0.4) is 0 Å². The summed E-state index contributed by atoms with van der Waals surface area (Å²) in [7, 11) is 0. The third-order valence-corrected chi connectivity index (χ3v) is 5.76. The Bertz CT molecular complexity index is 891. The molecule has 0 amide bonds. The fraction of sp³-hybridized carbons (Fsp3) is 0.273. The van der Waals surface area contributed by atoms with Crippen molar-refractivity contribution >= 4 is 27.7 Å². The van der Waals surface area contributed by atoms with Gasteiger partial charge in [0, 0.05) is 22.3 Å². The molecule has 0 saturated carbocycles. The van der Waals surface area contributed by atoms with E-state index in [0.29, 0.717) is 6.54 Å². The molecular formula is C22H24BrN3OS. The van der Waals surface area contributed by atoms with Gasteiger partial charge in [0.2, 0.25) is 0 Å². The van der Waals surface area contributed by atoms with Crippen LogP contribution in [0.1, 0.15) is 25.3 Å². The molecule has 1 aromatic heterocycles. The van der Waals surface area contributed by atoms with Crippen molar-refractivity contribution < 1.29 is 4.74 Å². The first kappa shape index (κ1) is 20.7. The van der Waals surface area contributed by atoms with Gasteiger partial charge in [-0.25, -0.2) is 0 Å². The maximum atomic E-state index is 5.75. The zero-order valence-corrected chi connectivity index (χ0v) is 18.4. The summed E-state index contributed by atoms with van der Waals surface area (Å²) in [6, 6.07) is 16.4. The van der Waals surface area contributed by atoms with Crippen molar-refractivity contribution in [3.8, 4) is 17.1 Å². The quantitative estimate of drug-likeness (QED) is 0.201. The van der Waals surface area contributed by atoms with Gasteiger partial charge in [-0.2, -0.15) is 0 Å². The minimum Gasteiger partial charge on any atom is -0.494 e. The topological polar surface area (TPSA) is 39.9 Å². The Morgan fingerprint density at radius 3 is 2.54 bits per heavy atom. The molecule has 146 valence electrons. The largest absolute Gasteiger partial charge is 0.494 e. The summed E-state index contributed by atoms with van der Waals surface area (Å²) < 4.78 is 8.93. The standard InChI is InChI=1S/C22H24BrN3OS/c1-3-5-15-27-20-12-8-18(9-13-20)21-24-25-22(26(21)14-4-2)28-16-17-6-10-19(23)11-7-17/h4,6-13H,2-3,5,14-16H2,1H3. The molecule has 3 aromatic rings. The Morgan fingerprint density at radius 1 is 1.11 bits per heavy atom. The van der Waals surface area contributed by atoms with Crippen molar-refractivity contribution in [3.05, 3.63) is 71.2 Å². The number of hydrogen-bond donors (Lipinski definition) is 0. The summed E-state index contributed by atoms with van der Waals surface area (Å²) in [5.41, 5.74) is 2.27. The van der Waals surface area contributed by atoms with E-state index in [4.69, 9.17) is 4.74 Å². The highest BCUT2D eigenvalue weighted by molar-refractivity contribution is 9.10. The molecule has 0 fully saturated rings. The molecule has 0 radical (unpaired) electrons. The van der Waals surface area contributed by atoms with Gasteiger partial charge in [-0.1, -0.05) is 59.2 Å². The van der Waals surface area contributed by atoms with Crippen molar-refractivity contribution in [2.75, 3.05) is 6.61 Å². The predicted molar refractivity (Wildman–Crippen MR) is 120 cm³/mol. The number of rotatable bonds is 10. The molecule has 3 rings (SSSR count). The number of hydrogen-bond acceptors (Lipinski definition) is 4. The van der Waals surface area contributed by atoms with Gasteiger partial charge >= 0.3 is 0 Å². The number of unbranched alkanes of at least 4 members (excludes halogenated alkanes) is 1. The number of nitrogens with zero attached hydrogens (tertiary/aromatic N) is 3. The molecule has 0 N–H and O–H groups in total. The second-order valence-corrected chi connectivity index (χ2v) is 8.21. The van der Waals surface area contributed by atoms with Crippen LogP contribution in [0.25, 0.3) is 11.4 Å². The SMILES string of the molecule is C=CCn1c(SCc2ccc(Br)cc2)nnc1-c1ccc(OCCCC)cc1. The summed E-state index contributed by atoms with van der Waals surface area (Å²) in [6.45, 7) is 7.46. The molecule has 0 aliphatic heterocycles. The van der Waals surface area contributed by atoms with E-state index < -0.39 is 0 Å². The Balaban J connectivity index is 1.74. The third kappa shape index (κ3) is 5.49.